The summed E-state index contributed by atoms with van der Waals surface area (Å²) < 4.78 is 1.60. The second kappa shape index (κ2) is 4.49. The first-order valence-electron chi connectivity index (χ1n) is 6.36. The number of carbonyl (C=O) groups is 1. The lowest BCUT2D eigenvalue weighted by Gasteiger charge is -2.04. The van der Waals surface area contributed by atoms with E-state index in [0.29, 0.717) is 11.3 Å². The third-order valence-electron chi connectivity index (χ3n) is 3.51. The lowest BCUT2D eigenvalue weighted by molar-refractivity contribution is 0.0690. The fourth-order valence-corrected chi connectivity index (χ4v) is 2.29. The van der Waals surface area contributed by atoms with Gasteiger partial charge in [-0.1, -0.05) is 18.2 Å². The van der Waals surface area contributed by atoms with Crippen LogP contribution in [0, 0.1) is 13.8 Å². The Morgan fingerprint density at radius 3 is 2.65 bits per heavy atom. The van der Waals surface area contributed by atoms with Gasteiger partial charge in [-0.3, -0.25) is 4.40 Å². The Morgan fingerprint density at radius 2 is 1.95 bits per heavy atom. The van der Waals surface area contributed by atoms with Gasteiger partial charge in [0, 0.05) is 11.8 Å². The molecule has 4 heteroatoms. The topological polar surface area (TPSA) is 54.6 Å². The van der Waals surface area contributed by atoms with Crippen molar-refractivity contribution in [1.82, 2.24) is 9.38 Å². The molecule has 100 valence electrons. The molecule has 0 spiro atoms. The maximum Gasteiger partial charge on any atom is 0.355 e. The molecule has 1 aromatic carbocycles. The highest BCUT2D eigenvalue weighted by Crippen LogP contribution is 2.26. The summed E-state index contributed by atoms with van der Waals surface area (Å²) in [6, 6.07) is 11.3. The van der Waals surface area contributed by atoms with E-state index in [-0.39, 0.29) is 5.69 Å². The predicted molar refractivity (Wildman–Crippen MR) is 77.1 cm³/mol. The van der Waals surface area contributed by atoms with Crippen LogP contribution in [0.2, 0.25) is 0 Å². The summed E-state index contributed by atoms with van der Waals surface area (Å²) in [5.41, 5.74) is 4.47. The number of fused-ring (bicyclic) bond motifs is 1. The van der Waals surface area contributed by atoms with E-state index in [2.05, 4.69) is 4.98 Å². The highest BCUT2D eigenvalue weighted by atomic mass is 16.4. The Bertz CT molecular complexity index is 818. The number of hydrogen-bond acceptors (Lipinski definition) is 2. The van der Waals surface area contributed by atoms with Gasteiger partial charge < -0.3 is 5.11 Å². The first-order valence-corrected chi connectivity index (χ1v) is 6.36. The average molecular weight is 266 g/mol. The molecule has 0 saturated carbocycles. The van der Waals surface area contributed by atoms with Crippen LogP contribution in [0.25, 0.3) is 16.9 Å². The molecular formula is C16H14N2O2. The summed E-state index contributed by atoms with van der Waals surface area (Å²) in [6.45, 7) is 4.04. The maximum atomic E-state index is 11.6. The van der Waals surface area contributed by atoms with E-state index in [9.17, 15) is 9.90 Å². The highest BCUT2D eigenvalue weighted by molar-refractivity contribution is 5.94. The normalized spacial score (nSPS) is 10.9. The number of hydrogen-bond donors (Lipinski definition) is 1. The van der Waals surface area contributed by atoms with Gasteiger partial charge in [0.25, 0.3) is 0 Å². The summed E-state index contributed by atoms with van der Waals surface area (Å²) >= 11 is 0. The maximum absolute atomic E-state index is 11.6. The summed E-state index contributed by atoms with van der Waals surface area (Å²) in [5.74, 6) is -0.975. The van der Waals surface area contributed by atoms with Crippen molar-refractivity contribution in [2.24, 2.45) is 0 Å². The number of rotatable bonds is 2. The highest BCUT2D eigenvalue weighted by Gasteiger charge is 2.19. The van der Waals surface area contributed by atoms with E-state index >= 15 is 0 Å². The number of carboxylic acids is 1. The second-order valence-electron chi connectivity index (χ2n) is 4.84. The molecule has 0 amide bonds. The Morgan fingerprint density at radius 1 is 1.15 bits per heavy atom. The van der Waals surface area contributed by atoms with Crippen LogP contribution in [0.4, 0.5) is 0 Å². The minimum atomic E-state index is -0.975. The first kappa shape index (κ1) is 12.4. The van der Waals surface area contributed by atoms with Crippen LogP contribution in [0.1, 0.15) is 21.6 Å². The van der Waals surface area contributed by atoms with E-state index < -0.39 is 5.97 Å². The molecule has 20 heavy (non-hydrogen) atoms. The summed E-state index contributed by atoms with van der Waals surface area (Å²) in [5, 5.41) is 9.48. The summed E-state index contributed by atoms with van der Waals surface area (Å²) in [7, 11) is 0. The zero-order valence-corrected chi connectivity index (χ0v) is 11.3. The fraction of sp³-hybridized carbons (Fsp3) is 0.125. The molecule has 0 bridgehead atoms. The fourth-order valence-electron chi connectivity index (χ4n) is 2.29. The van der Waals surface area contributed by atoms with Crippen LogP contribution < -0.4 is 0 Å². The van der Waals surface area contributed by atoms with Crippen LogP contribution in [0.3, 0.4) is 0 Å². The lowest BCUT2D eigenvalue weighted by atomic mass is 10.0. The van der Waals surface area contributed by atoms with Crippen molar-refractivity contribution in [2.45, 2.75) is 13.8 Å². The predicted octanol–water partition coefficient (Wildman–Crippen LogP) is 3.32. The van der Waals surface area contributed by atoms with Crippen molar-refractivity contribution < 1.29 is 9.90 Å². The number of aryl methyl sites for hydroxylation is 2. The number of aromatic carboxylic acids is 1. The van der Waals surface area contributed by atoms with Gasteiger partial charge in [-0.25, -0.2) is 9.78 Å². The zero-order valence-electron chi connectivity index (χ0n) is 11.3. The molecule has 0 saturated heterocycles. The number of aromatic nitrogens is 2. The van der Waals surface area contributed by atoms with Crippen molar-refractivity contribution >= 4 is 11.6 Å². The molecule has 3 aromatic rings. The third kappa shape index (κ3) is 1.86. The SMILES string of the molecule is Cc1ccc(-c2nc3ccccn3c2C(=O)O)cc1C. The van der Waals surface area contributed by atoms with Crippen LogP contribution in [-0.2, 0) is 0 Å². The molecule has 4 nitrogen and oxygen atoms in total. The quantitative estimate of drug-likeness (QED) is 0.774. The molecule has 0 aliphatic heterocycles. The van der Waals surface area contributed by atoms with E-state index in [0.717, 1.165) is 11.1 Å². The molecule has 3 rings (SSSR count). The first-order chi connectivity index (χ1) is 9.58. The number of imidazole rings is 1. The van der Waals surface area contributed by atoms with Crippen LogP contribution in [0.15, 0.2) is 42.6 Å². The number of carboxylic acid groups (broad SMARTS) is 1. The Hall–Kier alpha value is -2.62. The van der Waals surface area contributed by atoms with Crippen LogP contribution in [0.5, 0.6) is 0 Å². The van der Waals surface area contributed by atoms with Gasteiger partial charge in [0.1, 0.15) is 11.3 Å². The van der Waals surface area contributed by atoms with E-state index in [1.807, 2.05) is 38.1 Å². The smallest absolute Gasteiger partial charge is 0.355 e. The molecule has 2 aromatic heterocycles. The number of nitrogens with zero attached hydrogens (tertiary/aromatic N) is 2. The molecule has 0 aliphatic rings. The van der Waals surface area contributed by atoms with Crippen LogP contribution >= 0.6 is 0 Å². The van der Waals surface area contributed by atoms with E-state index in [1.54, 1.807) is 22.7 Å². The van der Waals surface area contributed by atoms with Gasteiger partial charge >= 0.3 is 5.97 Å². The molecule has 0 unspecified atom stereocenters. The second-order valence-corrected chi connectivity index (χ2v) is 4.84. The molecule has 1 N–H and O–H groups in total. The molecule has 0 fully saturated rings. The monoisotopic (exact) mass is 266 g/mol. The van der Waals surface area contributed by atoms with Crippen molar-refractivity contribution in [3.05, 3.63) is 59.4 Å². The standard InChI is InChI=1S/C16H14N2O2/c1-10-6-7-12(9-11(10)2)14-15(16(19)20)18-8-4-3-5-13(18)17-14/h3-9H,1-2H3,(H,19,20). The summed E-state index contributed by atoms with van der Waals surface area (Å²) in [6.07, 6.45) is 1.72. The number of benzene rings is 1. The Kier molecular flexibility index (Phi) is 2.79. The Labute approximate surface area is 116 Å². The minimum absolute atomic E-state index is 0.198. The van der Waals surface area contributed by atoms with Crippen molar-refractivity contribution in [2.75, 3.05) is 0 Å². The average Bonchev–Trinajstić information content (AvgIpc) is 2.81. The Balaban J connectivity index is 2.32. The van der Waals surface area contributed by atoms with Crippen LogP contribution in [-0.4, -0.2) is 20.5 Å². The van der Waals surface area contributed by atoms with E-state index in [1.165, 1.54) is 5.56 Å². The van der Waals surface area contributed by atoms with E-state index in [4.69, 9.17) is 0 Å². The van der Waals surface area contributed by atoms with Gasteiger partial charge in [-0.2, -0.15) is 0 Å². The minimum Gasteiger partial charge on any atom is -0.476 e. The van der Waals surface area contributed by atoms with Gasteiger partial charge in [-0.05, 0) is 43.2 Å². The number of pyridine rings is 1. The van der Waals surface area contributed by atoms with Crippen molar-refractivity contribution in [3.63, 3.8) is 0 Å². The van der Waals surface area contributed by atoms with Gasteiger partial charge in [0.05, 0.1) is 0 Å². The largest absolute Gasteiger partial charge is 0.476 e. The molecular weight excluding hydrogens is 252 g/mol. The molecule has 2 heterocycles. The van der Waals surface area contributed by atoms with Gasteiger partial charge in [0.2, 0.25) is 0 Å². The molecule has 0 radical (unpaired) electrons. The lowest BCUT2D eigenvalue weighted by Crippen LogP contribution is -2.03. The molecule has 0 atom stereocenters. The molecule has 0 aliphatic carbocycles. The zero-order chi connectivity index (χ0) is 14.3. The van der Waals surface area contributed by atoms with Crippen molar-refractivity contribution in [1.29, 1.82) is 0 Å². The van der Waals surface area contributed by atoms with Gasteiger partial charge in [0.15, 0.2) is 5.69 Å². The van der Waals surface area contributed by atoms with Gasteiger partial charge in [-0.15, -0.1) is 0 Å². The third-order valence-corrected chi connectivity index (χ3v) is 3.51. The summed E-state index contributed by atoms with van der Waals surface area (Å²) in [4.78, 5) is 16.0. The van der Waals surface area contributed by atoms with Crippen molar-refractivity contribution in [3.8, 4) is 11.3 Å².